The highest BCUT2D eigenvalue weighted by Crippen LogP contribution is 2.29. The van der Waals surface area contributed by atoms with Crippen LogP contribution in [-0.4, -0.2) is 15.0 Å². The van der Waals surface area contributed by atoms with Gasteiger partial charge in [-0.1, -0.05) is 29.8 Å². The average Bonchev–Trinajstić information content (AvgIpc) is 3.37. The molecule has 0 saturated carbocycles. The fourth-order valence-corrected chi connectivity index (χ4v) is 4.10. The van der Waals surface area contributed by atoms with Gasteiger partial charge in [0.05, 0.1) is 17.0 Å². The Hall–Kier alpha value is -3.14. The van der Waals surface area contributed by atoms with Crippen LogP contribution in [0.5, 0.6) is 0 Å². The molecule has 0 spiro atoms. The van der Waals surface area contributed by atoms with E-state index in [2.05, 4.69) is 52.2 Å². The van der Waals surface area contributed by atoms with Gasteiger partial charge in [-0.2, -0.15) is 5.26 Å². The van der Waals surface area contributed by atoms with E-state index >= 15 is 0 Å². The van der Waals surface area contributed by atoms with Crippen LogP contribution in [0.25, 0.3) is 33.5 Å². The van der Waals surface area contributed by atoms with Gasteiger partial charge in [0.15, 0.2) is 0 Å². The zero-order valence-corrected chi connectivity index (χ0v) is 16.1. The van der Waals surface area contributed by atoms with Crippen molar-refractivity contribution in [1.82, 2.24) is 15.0 Å². The third kappa shape index (κ3) is 3.85. The minimum Gasteiger partial charge on any atom is -0.265 e. The maximum atomic E-state index is 9.59. The van der Waals surface area contributed by atoms with Crippen molar-refractivity contribution in [3.05, 3.63) is 75.8 Å². The van der Waals surface area contributed by atoms with E-state index in [4.69, 9.17) is 0 Å². The topological polar surface area (TPSA) is 62.5 Å². The van der Waals surface area contributed by atoms with Gasteiger partial charge >= 0.3 is 0 Å². The van der Waals surface area contributed by atoms with E-state index < -0.39 is 0 Å². The number of allylic oxidation sites excluding steroid dienone is 1. The molecule has 0 unspecified atom stereocenters. The normalized spacial score (nSPS) is 11.3. The van der Waals surface area contributed by atoms with Crippen LogP contribution in [0.2, 0.25) is 0 Å². The van der Waals surface area contributed by atoms with Gasteiger partial charge in [0, 0.05) is 34.3 Å². The molecule has 1 aromatic carbocycles. The Bertz CT molecular complexity index is 1130. The summed E-state index contributed by atoms with van der Waals surface area (Å²) in [4.78, 5) is 13.3. The molecular weight excluding hydrogens is 372 g/mol. The largest absolute Gasteiger partial charge is 0.265 e. The van der Waals surface area contributed by atoms with Gasteiger partial charge in [-0.25, -0.2) is 9.97 Å². The molecule has 130 valence electrons. The van der Waals surface area contributed by atoms with Crippen LogP contribution in [0.1, 0.15) is 16.3 Å². The van der Waals surface area contributed by atoms with Crippen LogP contribution >= 0.6 is 22.7 Å². The molecule has 3 heterocycles. The molecule has 4 rings (SSSR count). The first kappa shape index (κ1) is 17.3. The smallest absolute Gasteiger partial charge is 0.134 e. The molecule has 6 heteroatoms. The summed E-state index contributed by atoms with van der Waals surface area (Å²) in [6.07, 6.45) is 5.26. The maximum Gasteiger partial charge on any atom is 0.134 e. The summed E-state index contributed by atoms with van der Waals surface area (Å²) >= 11 is 3.02. The zero-order valence-electron chi connectivity index (χ0n) is 14.5. The Labute approximate surface area is 165 Å². The van der Waals surface area contributed by atoms with Crippen molar-refractivity contribution >= 4 is 34.3 Å². The predicted octanol–water partition coefficient (Wildman–Crippen LogP) is 5.70. The highest BCUT2D eigenvalue weighted by molar-refractivity contribution is 7.13. The van der Waals surface area contributed by atoms with E-state index in [1.54, 1.807) is 29.8 Å². The van der Waals surface area contributed by atoms with Gasteiger partial charge in [0.2, 0.25) is 0 Å². The van der Waals surface area contributed by atoms with Crippen LogP contribution in [0.4, 0.5) is 0 Å². The quantitative estimate of drug-likeness (QED) is 0.422. The lowest BCUT2D eigenvalue weighted by molar-refractivity contribution is 1.30. The molecule has 0 radical (unpaired) electrons. The summed E-state index contributed by atoms with van der Waals surface area (Å²) < 4.78 is 0. The third-order valence-electron chi connectivity index (χ3n) is 3.94. The van der Waals surface area contributed by atoms with Crippen molar-refractivity contribution in [1.29, 1.82) is 5.26 Å². The number of hydrogen-bond acceptors (Lipinski definition) is 6. The summed E-state index contributed by atoms with van der Waals surface area (Å²) in [7, 11) is 0. The molecule has 0 N–H and O–H groups in total. The van der Waals surface area contributed by atoms with Crippen molar-refractivity contribution < 1.29 is 0 Å². The molecule has 0 fully saturated rings. The van der Waals surface area contributed by atoms with Crippen molar-refractivity contribution in [2.75, 3.05) is 0 Å². The van der Waals surface area contributed by atoms with E-state index in [0.29, 0.717) is 10.6 Å². The van der Waals surface area contributed by atoms with E-state index in [1.807, 2.05) is 22.9 Å². The standard InChI is InChI=1S/C21H14N4S2/c1-14-2-4-16(5-3-14)20-24-18(12-26-20)10-17(11-22)21-25-19(13-27-21)15-6-8-23-9-7-15/h2-10,12-13H,1H3/b17-10+. The van der Waals surface area contributed by atoms with E-state index in [9.17, 15) is 5.26 Å². The monoisotopic (exact) mass is 386 g/mol. The maximum absolute atomic E-state index is 9.59. The summed E-state index contributed by atoms with van der Waals surface area (Å²) in [6, 6.07) is 14.3. The molecule has 4 nitrogen and oxygen atoms in total. The van der Waals surface area contributed by atoms with E-state index in [0.717, 1.165) is 27.5 Å². The van der Waals surface area contributed by atoms with Crippen LogP contribution in [-0.2, 0) is 0 Å². The third-order valence-corrected chi connectivity index (χ3v) is 5.73. The van der Waals surface area contributed by atoms with Crippen LogP contribution in [0, 0.1) is 18.3 Å². The number of pyridine rings is 1. The first-order valence-electron chi connectivity index (χ1n) is 8.23. The molecular formula is C21H14N4S2. The van der Waals surface area contributed by atoms with Gasteiger partial charge in [-0.3, -0.25) is 4.98 Å². The van der Waals surface area contributed by atoms with Gasteiger partial charge in [0.25, 0.3) is 0 Å². The lowest BCUT2D eigenvalue weighted by atomic mass is 10.2. The number of rotatable bonds is 4. The molecule has 0 amide bonds. The van der Waals surface area contributed by atoms with Crippen molar-refractivity contribution in [3.8, 4) is 27.9 Å². The number of thiazole rings is 2. The number of nitriles is 1. The van der Waals surface area contributed by atoms with Gasteiger partial charge in [-0.05, 0) is 25.1 Å². The lowest BCUT2D eigenvalue weighted by Crippen LogP contribution is -1.84. The minimum absolute atomic E-state index is 0.515. The van der Waals surface area contributed by atoms with Crippen molar-refractivity contribution in [2.24, 2.45) is 0 Å². The molecule has 0 bridgehead atoms. The van der Waals surface area contributed by atoms with Gasteiger partial charge in [0.1, 0.15) is 16.1 Å². The second-order valence-corrected chi connectivity index (χ2v) is 7.60. The summed E-state index contributed by atoms with van der Waals surface area (Å²) in [5, 5.41) is 15.1. The van der Waals surface area contributed by atoms with Crippen LogP contribution < -0.4 is 0 Å². The fraction of sp³-hybridized carbons (Fsp3) is 0.0476. The summed E-state index contributed by atoms with van der Waals surface area (Å²) in [6.45, 7) is 2.06. The highest BCUT2D eigenvalue weighted by Gasteiger charge is 2.10. The van der Waals surface area contributed by atoms with Crippen molar-refractivity contribution in [2.45, 2.75) is 6.92 Å². The highest BCUT2D eigenvalue weighted by atomic mass is 32.1. The molecule has 0 aliphatic rings. The second kappa shape index (κ2) is 7.62. The summed E-state index contributed by atoms with van der Waals surface area (Å²) in [5.41, 5.74) is 5.42. The summed E-state index contributed by atoms with van der Waals surface area (Å²) in [5.74, 6) is 0. The van der Waals surface area contributed by atoms with E-state index in [1.165, 1.54) is 16.9 Å². The SMILES string of the molecule is Cc1ccc(-c2nc(/C=C(\C#N)c3nc(-c4ccncc4)cs3)cs2)cc1. The molecule has 0 aliphatic carbocycles. The zero-order chi connectivity index (χ0) is 18.6. The number of aromatic nitrogens is 3. The Morgan fingerprint density at radius 1 is 0.963 bits per heavy atom. The second-order valence-electron chi connectivity index (χ2n) is 5.89. The average molecular weight is 387 g/mol. The first-order chi connectivity index (χ1) is 13.2. The number of benzene rings is 1. The molecule has 4 aromatic rings. The number of nitrogens with zero attached hydrogens (tertiary/aromatic N) is 4. The molecule has 0 atom stereocenters. The molecule has 0 aliphatic heterocycles. The Balaban J connectivity index is 1.62. The van der Waals surface area contributed by atoms with Crippen LogP contribution in [0.3, 0.4) is 0 Å². The lowest BCUT2D eigenvalue weighted by Gasteiger charge is -1.96. The van der Waals surface area contributed by atoms with Gasteiger partial charge in [-0.15, -0.1) is 22.7 Å². The molecule has 3 aromatic heterocycles. The Kier molecular flexibility index (Phi) is 4.88. The molecule has 0 saturated heterocycles. The fourth-order valence-electron chi connectivity index (χ4n) is 2.52. The number of aryl methyl sites for hydroxylation is 1. The van der Waals surface area contributed by atoms with E-state index in [-0.39, 0.29) is 0 Å². The number of hydrogen-bond donors (Lipinski definition) is 0. The first-order valence-corrected chi connectivity index (χ1v) is 9.99. The molecule has 27 heavy (non-hydrogen) atoms. The predicted molar refractivity (Wildman–Crippen MR) is 111 cm³/mol. The minimum atomic E-state index is 0.515. The van der Waals surface area contributed by atoms with Crippen LogP contribution in [0.15, 0.2) is 59.6 Å². The Morgan fingerprint density at radius 3 is 2.48 bits per heavy atom. The Morgan fingerprint density at radius 2 is 1.74 bits per heavy atom. The van der Waals surface area contributed by atoms with Gasteiger partial charge < -0.3 is 0 Å². The van der Waals surface area contributed by atoms with Crippen molar-refractivity contribution in [3.63, 3.8) is 0 Å².